The Labute approximate surface area is 104 Å². The first-order chi connectivity index (χ1) is 8.97. The molecule has 19 heavy (non-hydrogen) atoms. The Balaban J connectivity index is 2.29. The van der Waals surface area contributed by atoms with Gasteiger partial charge in [-0.15, -0.1) is 0 Å². The Bertz CT molecular complexity index is 609. The van der Waals surface area contributed by atoms with Crippen LogP contribution in [-0.2, 0) is 0 Å². The Morgan fingerprint density at radius 3 is 2.26 bits per heavy atom. The number of nitro groups is 1. The first-order valence-electron chi connectivity index (χ1n) is 4.90. The Kier molecular flexibility index (Phi) is 3.32. The van der Waals surface area contributed by atoms with Crippen molar-refractivity contribution in [3.8, 4) is 11.5 Å². The molecule has 0 bridgehead atoms. The first-order valence-corrected chi connectivity index (χ1v) is 4.90. The highest BCUT2D eigenvalue weighted by molar-refractivity contribution is 5.34. The first kappa shape index (κ1) is 12.8. The highest BCUT2D eigenvalue weighted by Crippen LogP contribution is 2.28. The maximum absolute atomic E-state index is 13.3. The van der Waals surface area contributed by atoms with Crippen molar-refractivity contribution in [2.75, 3.05) is 0 Å². The Morgan fingerprint density at radius 1 is 1.16 bits per heavy atom. The molecule has 0 fully saturated rings. The summed E-state index contributed by atoms with van der Waals surface area (Å²) in [7, 11) is 0. The molecule has 0 N–H and O–H groups in total. The largest absolute Gasteiger partial charge is 0.447 e. The summed E-state index contributed by atoms with van der Waals surface area (Å²) in [5.41, 5.74) is 0. The predicted molar refractivity (Wildman–Crippen MR) is 57.3 cm³/mol. The van der Waals surface area contributed by atoms with E-state index in [0.717, 1.165) is 18.3 Å². The van der Waals surface area contributed by atoms with Gasteiger partial charge in [0, 0.05) is 18.2 Å². The van der Waals surface area contributed by atoms with E-state index in [1.807, 2.05) is 0 Å². The number of nitrogens with zero attached hydrogens (tertiary/aromatic N) is 2. The Hall–Kier alpha value is -2.64. The second-order valence-electron chi connectivity index (χ2n) is 3.41. The zero-order valence-corrected chi connectivity index (χ0v) is 9.14. The van der Waals surface area contributed by atoms with Gasteiger partial charge in [0.1, 0.15) is 5.82 Å². The van der Waals surface area contributed by atoms with Crippen LogP contribution in [0.25, 0.3) is 0 Å². The van der Waals surface area contributed by atoms with E-state index in [-0.39, 0.29) is 5.75 Å². The van der Waals surface area contributed by atoms with E-state index in [2.05, 4.69) is 4.98 Å². The van der Waals surface area contributed by atoms with Crippen molar-refractivity contribution in [3.05, 3.63) is 58.0 Å². The van der Waals surface area contributed by atoms with E-state index >= 15 is 0 Å². The number of aromatic nitrogens is 1. The van der Waals surface area contributed by atoms with Crippen LogP contribution < -0.4 is 4.74 Å². The van der Waals surface area contributed by atoms with E-state index in [9.17, 15) is 23.3 Å². The van der Waals surface area contributed by atoms with Gasteiger partial charge in [0.15, 0.2) is 29.3 Å². The van der Waals surface area contributed by atoms with Gasteiger partial charge in [0.25, 0.3) is 0 Å². The molecule has 1 heterocycles. The summed E-state index contributed by atoms with van der Waals surface area (Å²) in [6, 6.07) is 3.04. The van der Waals surface area contributed by atoms with Gasteiger partial charge in [0.05, 0.1) is 0 Å². The molecule has 98 valence electrons. The number of hydrogen-bond donors (Lipinski definition) is 0. The molecule has 0 spiro atoms. The van der Waals surface area contributed by atoms with Crippen LogP contribution in [0.5, 0.6) is 11.5 Å². The molecular weight excluding hydrogens is 265 g/mol. The average molecular weight is 270 g/mol. The zero-order chi connectivity index (χ0) is 14.0. The molecular formula is C11H5F3N2O3. The van der Waals surface area contributed by atoms with Gasteiger partial charge in [-0.3, -0.25) is 0 Å². The molecule has 0 amide bonds. The summed E-state index contributed by atoms with van der Waals surface area (Å²) in [4.78, 5) is 13.0. The second-order valence-corrected chi connectivity index (χ2v) is 3.41. The SMILES string of the molecule is O=[N+]([O-])c1ccc(Oc2c(F)cc(F)cc2F)cn1. The van der Waals surface area contributed by atoms with E-state index in [0.29, 0.717) is 12.1 Å². The molecule has 0 atom stereocenters. The van der Waals surface area contributed by atoms with Crippen LogP contribution in [0.1, 0.15) is 0 Å². The minimum Gasteiger partial charge on any atom is -0.447 e. The van der Waals surface area contributed by atoms with Crippen molar-refractivity contribution in [1.29, 1.82) is 0 Å². The summed E-state index contributed by atoms with van der Waals surface area (Å²) in [5, 5.41) is 10.4. The molecule has 1 aromatic carbocycles. The molecule has 0 aliphatic carbocycles. The topological polar surface area (TPSA) is 65.3 Å². The summed E-state index contributed by atoms with van der Waals surface area (Å²) < 4.78 is 44.0. The summed E-state index contributed by atoms with van der Waals surface area (Å²) in [6.07, 6.45) is 0.931. The van der Waals surface area contributed by atoms with E-state index in [1.165, 1.54) is 0 Å². The van der Waals surface area contributed by atoms with Gasteiger partial charge < -0.3 is 14.9 Å². The zero-order valence-electron chi connectivity index (χ0n) is 9.14. The maximum Gasteiger partial charge on any atom is 0.363 e. The van der Waals surface area contributed by atoms with Gasteiger partial charge >= 0.3 is 5.82 Å². The molecule has 0 aliphatic heterocycles. The van der Waals surface area contributed by atoms with E-state index in [1.54, 1.807) is 0 Å². The summed E-state index contributed by atoms with van der Waals surface area (Å²) in [5.74, 6) is -4.89. The van der Waals surface area contributed by atoms with Crippen molar-refractivity contribution in [2.45, 2.75) is 0 Å². The highest BCUT2D eigenvalue weighted by Gasteiger charge is 2.15. The fourth-order valence-electron chi connectivity index (χ4n) is 1.29. The minimum absolute atomic E-state index is 0.116. The monoisotopic (exact) mass is 270 g/mol. The molecule has 8 heteroatoms. The number of ether oxygens (including phenoxy) is 1. The molecule has 5 nitrogen and oxygen atoms in total. The van der Waals surface area contributed by atoms with Crippen molar-refractivity contribution >= 4 is 5.82 Å². The third-order valence-electron chi connectivity index (χ3n) is 2.09. The van der Waals surface area contributed by atoms with Crippen molar-refractivity contribution in [3.63, 3.8) is 0 Å². The highest BCUT2D eigenvalue weighted by atomic mass is 19.1. The van der Waals surface area contributed by atoms with E-state index in [4.69, 9.17) is 4.74 Å². The van der Waals surface area contributed by atoms with E-state index < -0.39 is 33.9 Å². The molecule has 0 saturated heterocycles. The van der Waals surface area contributed by atoms with Crippen LogP contribution in [0, 0.1) is 27.6 Å². The minimum atomic E-state index is -1.23. The predicted octanol–water partition coefficient (Wildman–Crippen LogP) is 3.20. The summed E-state index contributed by atoms with van der Waals surface area (Å²) in [6.45, 7) is 0. The van der Waals surface area contributed by atoms with Gasteiger partial charge in [-0.2, -0.15) is 0 Å². The molecule has 0 radical (unpaired) electrons. The van der Waals surface area contributed by atoms with Crippen molar-refractivity contribution < 1.29 is 22.8 Å². The van der Waals surface area contributed by atoms with Crippen LogP contribution in [0.3, 0.4) is 0 Å². The molecule has 2 rings (SSSR count). The third-order valence-corrected chi connectivity index (χ3v) is 2.09. The smallest absolute Gasteiger partial charge is 0.363 e. The molecule has 0 aliphatic rings. The normalized spacial score (nSPS) is 10.3. The third kappa shape index (κ3) is 2.79. The number of halogens is 3. The second kappa shape index (κ2) is 4.92. The number of benzene rings is 1. The van der Waals surface area contributed by atoms with Gasteiger partial charge in [-0.25, -0.2) is 13.2 Å². The molecule has 0 saturated carbocycles. The summed E-state index contributed by atoms with van der Waals surface area (Å²) >= 11 is 0. The van der Waals surface area contributed by atoms with Gasteiger partial charge in [-0.05, 0) is 16.0 Å². The van der Waals surface area contributed by atoms with Crippen LogP contribution in [0.2, 0.25) is 0 Å². The van der Waals surface area contributed by atoms with Gasteiger partial charge in [-0.1, -0.05) is 0 Å². The van der Waals surface area contributed by atoms with Crippen LogP contribution >= 0.6 is 0 Å². The number of pyridine rings is 1. The van der Waals surface area contributed by atoms with Crippen LogP contribution in [0.4, 0.5) is 19.0 Å². The van der Waals surface area contributed by atoms with Crippen molar-refractivity contribution in [2.24, 2.45) is 0 Å². The molecule has 1 aromatic heterocycles. The number of hydrogen-bond acceptors (Lipinski definition) is 4. The van der Waals surface area contributed by atoms with Gasteiger partial charge in [0.2, 0.25) is 0 Å². The Morgan fingerprint density at radius 2 is 1.79 bits per heavy atom. The lowest BCUT2D eigenvalue weighted by Crippen LogP contribution is -1.96. The van der Waals surface area contributed by atoms with Crippen LogP contribution in [0.15, 0.2) is 30.5 Å². The molecule has 2 aromatic rings. The average Bonchev–Trinajstić information content (AvgIpc) is 2.34. The lowest BCUT2D eigenvalue weighted by Gasteiger charge is -2.06. The van der Waals surface area contributed by atoms with Crippen molar-refractivity contribution in [1.82, 2.24) is 4.98 Å². The fourth-order valence-corrected chi connectivity index (χ4v) is 1.29. The lowest BCUT2D eigenvalue weighted by molar-refractivity contribution is -0.389. The van der Waals surface area contributed by atoms with Crippen LogP contribution in [-0.4, -0.2) is 9.91 Å². The number of rotatable bonds is 3. The quantitative estimate of drug-likeness (QED) is 0.634. The fraction of sp³-hybridized carbons (Fsp3) is 0. The lowest BCUT2D eigenvalue weighted by atomic mass is 10.3. The standard InChI is InChI=1S/C11H5F3N2O3/c12-6-3-8(13)11(9(14)4-6)19-7-1-2-10(15-5-7)16(17)18/h1-5H. The maximum atomic E-state index is 13.3. The molecule has 0 unspecified atom stereocenters.